The molecule has 1 fully saturated rings. The van der Waals surface area contributed by atoms with Crippen LogP contribution in [0.2, 0.25) is 0 Å². The van der Waals surface area contributed by atoms with Gasteiger partial charge in [-0.2, -0.15) is 11.8 Å². The first kappa shape index (κ1) is 39.4. The van der Waals surface area contributed by atoms with Crippen molar-refractivity contribution >= 4 is 17.7 Å². The number of rotatable bonds is 15. The van der Waals surface area contributed by atoms with E-state index in [0.717, 1.165) is 11.1 Å². The van der Waals surface area contributed by atoms with E-state index in [2.05, 4.69) is 0 Å². The van der Waals surface area contributed by atoms with Gasteiger partial charge in [0.25, 0.3) is 0 Å². The highest BCUT2D eigenvalue weighted by Gasteiger charge is 2.43. The second kappa shape index (κ2) is 16.9. The van der Waals surface area contributed by atoms with Gasteiger partial charge in [0.2, 0.25) is 0 Å². The Bertz CT molecular complexity index is 1930. The van der Waals surface area contributed by atoms with Crippen LogP contribution in [-0.2, 0) is 4.74 Å². The summed E-state index contributed by atoms with van der Waals surface area (Å²) < 4.78 is 28.9. The van der Waals surface area contributed by atoms with Crippen LogP contribution in [0.5, 0.6) is 40.2 Å². The Morgan fingerprint density at radius 3 is 2.15 bits per heavy atom. The number of aliphatic hydroxyl groups excluding tert-OH is 2. The number of aliphatic hydroxyl groups is 2. The normalized spacial score (nSPS) is 18.6. The third-order valence-electron chi connectivity index (χ3n) is 10.0. The molecule has 13 heteroatoms. The topological polar surface area (TPSA) is 185 Å². The maximum atomic E-state index is 12.2. The number of methoxy groups -OCH3 is 3. The Hall–Kier alpha value is -4.82. The van der Waals surface area contributed by atoms with Crippen LogP contribution in [0.4, 0.5) is 0 Å². The molecule has 1 aliphatic rings. The molecule has 6 atom stereocenters. The Labute approximate surface area is 312 Å². The number of aryl methyl sites for hydroxylation is 1. The molecule has 4 aromatic carbocycles. The molecule has 1 saturated heterocycles. The lowest BCUT2D eigenvalue weighted by atomic mass is 9.83. The first-order valence-corrected chi connectivity index (χ1v) is 18.3. The van der Waals surface area contributed by atoms with E-state index in [0.29, 0.717) is 29.0 Å². The van der Waals surface area contributed by atoms with E-state index in [4.69, 9.17) is 23.7 Å². The summed E-state index contributed by atoms with van der Waals surface area (Å²) in [5, 5.41) is 63.2. The van der Waals surface area contributed by atoms with Crippen molar-refractivity contribution in [3.63, 3.8) is 0 Å². The summed E-state index contributed by atoms with van der Waals surface area (Å²) in [6, 6.07) is 16.4. The monoisotopic (exact) mass is 750 g/mol. The van der Waals surface area contributed by atoms with Gasteiger partial charge in [0.05, 0.1) is 46.2 Å². The predicted octanol–water partition coefficient (Wildman–Crippen LogP) is 6.45. The van der Waals surface area contributed by atoms with Crippen molar-refractivity contribution in [3.05, 3.63) is 88.5 Å². The molecule has 0 amide bonds. The number of carbonyl (C=O) groups is 1. The number of benzene rings is 4. The Balaban J connectivity index is 1.59. The number of hydrogen-bond acceptors (Lipinski definition) is 12. The number of aromatic hydroxyl groups is 3. The fraction of sp³-hybridized carbons (Fsp3) is 0.375. The van der Waals surface area contributed by atoms with Crippen LogP contribution >= 0.6 is 11.8 Å². The number of phenols is 3. The summed E-state index contributed by atoms with van der Waals surface area (Å²) in [6.45, 7) is 3.29. The minimum Gasteiger partial charge on any atom is -0.504 e. The molecule has 1 aliphatic heterocycles. The zero-order chi connectivity index (χ0) is 38.6. The molecule has 0 saturated carbocycles. The van der Waals surface area contributed by atoms with Crippen molar-refractivity contribution in [2.24, 2.45) is 11.8 Å². The molecule has 284 valence electrons. The van der Waals surface area contributed by atoms with Crippen LogP contribution in [0.15, 0.2) is 60.7 Å². The average molecular weight is 751 g/mol. The number of hydrogen-bond donors (Lipinski definition) is 6. The van der Waals surface area contributed by atoms with Gasteiger partial charge < -0.3 is 54.3 Å². The van der Waals surface area contributed by atoms with Crippen molar-refractivity contribution in [1.29, 1.82) is 0 Å². The summed E-state index contributed by atoms with van der Waals surface area (Å²) in [4.78, 5) is 12.2. The van der Waals surface area contributed by atoms with Crippen LogP contribution in [0, 0.1) is 18.8 Å². The number of carboxylic acids is 1. The third kappa shape index (κ3) is 7.93. The molecule has 1 heterocycles. The van der Waals surface area contributed by atoms with E-state index in [9.17, 15) is 35.4 Å². The van der Waals surface area contributed by atoms with Gasteiger partial charge in [-0.15, -0.1) is 0 Å². The molecule has 53 heavy (non-hydrogen) atoms. The quantitative estimate of drug-likeness (QED) is 0.0780. The van der Waals surface area contributed by atoms with E-state index in [1.807, 2.05) is 19.2 Å². The lowest BCUT2D eigenvalue weighted by Gasteiger charge is -2.29. The van der Waals surface area contributed by atoms with E-state index in [-0.39, 0.29) is 69.3 Å². The number of aromatic carboxylic acids is 1. The van der Waals surface area contributed by atoms with Crippen molar-refractivity contribution in [2.45, 2.75) is 37.2 Å². The molecule has 0 spiro atoms. The summed E-state index contributed by atoms with van der Waals surface area (Å²) in [5.41, 5.74) is 3.14. The molecule has 4 aromatic rings. The van der Waals surface area contributed by atoms with Gasteiger partial charge in [0.1, 0.15) is 11.9 Å². The second-order valence-corrected chi connectivity index (χ2v) is 14.0. The highest BCUT2D eigenvalue weighted by atomic mass is 32.2. The van der Waals surface area contributed by atoms with Gasteiger partial charge in [-0.3, -0.25) is 0 Å². The third-order valence-corrected chi connectivity index (χ3v) is 11.1. The number of ether oxygens (including phenoxy) is 5. The van der Waals surface area contributed by atoms with Crippen LogP contribution < -0.4 is 18.9 Å². The second-order valence-electron chi connectivity index (χ2n) is 13.0. The summed E-state index contributed by atoms with van der Waals surface area (Å²) in [5.74, 6) is -1.69. The predicted molar refractivity (Wildman–Crippen MR) is 200 cm³/mol. The summed E-state index contributed by atoms with van der Waals surface area (Å²) >= 11 is 1.59. The fourth-order valence-electron chi connectivity index (χ4n) is 7.00. The molecule has 0 aromatic heterocycles. The van der Waals surface area contributed by atoms with Gasteiger partial charge >= 0.3 is 5.97 Å². The molecule has 0 radical (unpaired) electrons. The zero-order valence-corrected chi connectivity index (χ0v) is 31.2. The van der Waals surface area contributed by atoms with Crippen molar-refractivity contribution in [2.75, 3.05) is 47.4 Å². The molecule has 6 unspecified atom stereocenters. The van der Waals surface area contributed by atoms with Crippen molar-refractivity contribution < 1.29 is 59.1 Å². The van der Waals surface area contributed by atoms with Crippen molar-refractivity contribution in [1.82, 2.24) is 0 Å². The van der Waals surface area contributed by atoms with E-state index >= 15 is 0 Å². The average Bonchev–Trinajstić information content (AvgIpc) is 3.59. The van der Waals surface area contributed by atoms with Crippen LogP contribution in [-0.4, -0.2) is 90.1 Å². The maximum absolute atomic E-state index is 12.2. The van der Waals surface area contributed by atoms with Crippen LogP contribution in [0.25, 0.3) is 11.1 Å². The highest BCUT2D eigenvalue weighted by molar-refractivity contribution is 7.98. The lowest BCUT2D eigenvalue weighted by Crippen LogP contribution is -2.28. The van der Waals surface area contributed by atoms with E-state index in [1.165, 1.54) is 33.5 Å². The molecular weight excluding hydrogens is 704 g/mol. The molecule has 0 aliphatic carbocycles. The fourth-order valence-corrected chi connectivity index (χ4v) is 8.05. The van der Waals surface area contributed by atoms with E-state index < -0.39 is 30.7 Å². The molecule has 0 bridgehead atoms. The standard InChI is InChI=1S/C40H46O12S/c1-20-11-24(15-33(49-4)36(20)44)21(2)35(18-42)52-31-10-8-22(12-26(31)27-13-25(40(46)47)16-34(50-5)37(27)45)38-28(17-41)29(19-51-38)39(53-6)23-7-9-30(43)32(14-23)48-3/h7-16,21,28-29,35,38-39,41-45H,17-19H2,1-6H3,(H,46,47). The van der Waals surface area contributed by atoms with Gasteiger partial charge in [-0.25, -0.2) is 4.79 Å². The zero-order valence-electron chi connectivity index (χ0n) is 30.4. The minimum absolute atomic E-state index is 0.00900. The summed E-state index contributed by atoms with van der Waals surface area (Å²) in [7, 11) is 4.25. The first-order chi connectivity index (χ1) is 25.4. The first-order valence-electron chi connectivity index (χ1n) is 17.0. The highest BCUT2D eigenvalue weighted by Crippen LogP contribution is 2.51. The molecule has 6 N–H and O–H groups in total. The van der Waals surface area contributed by atoms with Crippen LogP contribution in [0.1, 0.15) is 56.8 Å². The number of thioether (sulfide) groups is 1. The Morgan fingerprint density at radius 2 is 1.53 bits per heavy atom. The lowest BCUT2D eigenvalue weighted by molar-refractivity contribution is 0.0695. The minimum atomic E-state index is -1.24. The molecule has 5 rings (SSSR count). The molecule has 12 nitrogen and oxygen atoms in total. The van der Waals surface area contributed by atoms with Gasteiger partial charge in [-0.1, -0.05) is 25.1 Å². The largest absolute Gasteiger partial charge is 0.504 e. The molecular formula is C40H46O12S. The van der Waals surface area contributed by atoms with E-state index in [1.54, 1.807) is 61.2 Å². The van der Waals surface area contributed by atoms with Gasteiger partial charge in [-0.05, 0) is 77.9 Å². The summed E-state index contributed by atoms with van der Waals surface area (Å²) in [6.07, 6.45) is 0.537. The van der Waals surface area contributed by atoms with Gasteiger partial charge in [0.15, 0.2) is 34.5 Å². The van der Waals surface area contributed by atoms with Crippen molar-refractivity contribution in [3.8, 4) is 51.4 Å². The SMILES string of the molecule is COc1cc(C(SC)C2COC(c3ccc(OC(CO)C(C)c4cc(C)c(O)c(OC)c4)c(-c4cc(C(=O)O)cc(OC)c4O)c3)C2CO)ccc1O. The maximum Gasteiger partial charge on any atom is 0.335 e. The Morgan fingerprint density at radius 1 is 0.849 bits per heavy atom. The van der Waals surface area contributed by atoms with Crippen LogP contribution in [0.3, 0.4) is 0 Å². The Kier molecular flexibility index (Phi) is 12.6. The number of carboxylic acid groups (broad SMARTS) is 1. The smallest absolute Gasteiger partial charge is 0.335 e. The van der Waals surface area contributed by atoms with Gasteiger partial charge in [0, 0.05) is 40.7 Å². The number of phenolic OH excluding ortho intramolecular Hbond substituents is 3.